The second-order valence-electron chi connectivity index (χ2n) is 5.66. The van der Waals surface area contributed by atoms with E-state index < -0.39 is 0 Å². The van der Waals surface area contributed by atoms with Crippen LogP contribution in [0.5, 0.6) is 0 Å². The minimum absolute atomic E-state index is 0.140. The van der Waals surface area contributed by atoms with Gasteiger partial charge in [-0.25, -0.2) is 4.79 Å². The number of piperidine rings is 1. The number of hydrogen-bond acceptors (Lipinski definition) is 4. The minimum Gasteiger partial charge on any atom is -0.456 e. The molecule has 5 nitrogen and oxygen atoms in total. The molecular formula is C16H21N3O2. The maximum absolute atomic E-state index is 12.4. The molecule has 1 aromatic heterocycles. The van der Waals surface area contributed by atoms with Crippen molar-refractivity contribution in [2.24, 2.45) is 7.05 Å². The number of esters is 1. The maximum Gasteiger partial charge on any atom is 0.359 e. The van der Waals surface area contributed by atoms with Crippen LogP contribution in [0, 0.1) is 0 Å². The Labute approximate surface area is 124 Å². The molecule has 0 spiro atoms. The van der Waals surface area contributed by atoms with Crippen LogP contribution >= 0.6 is 0 Å². The lowest BCUT2D eigenvalue weighted by atomic mass is 10.0. The number of para-hydroxylation sites is 1. The van der Waals surface area contributed by atoms with Crippen LogP contribution in [0.25, 0.3) is 10.9 Å². The number of aromatic nitrogens is 2. The number of hydrogen-bond donors (Lipinski definition) is 1. The van der Waals surface area contributed by atoms with Crippen LogP contribution in [0.2, 0.25) is 0 Å². The molecule has 3 rings (SSSR count). The summed E-state index contributed by atoms with van der Waals surface area (Å²) in [6.45, 7) is 2.95. The first-order valence-electron chi connectivity index (χ1n) is 7.53. The Kier molecular flexibility index (Phi) is 3.92. The zero-order valence-electron chi connectivity index (χ0n) is 12.5. The summed E-state index contributed by atoms with van der Waals surface area (Å²) in [7, 11) is 1.84. The molecule has 0 saturated carbocycles. The van der Waals surface area contributed by atoms with E-state index in [4.69, 9.17) is 4.74 Å². The molecular weight excluding hydrogens is 266 g/mol. The molecule has 1 aliphatic heterocycles. The van der Waals surface area contributed by atoms with Gasteiger partial charge in [-0.15, -0.1) is 0 Å². The summed E-state index contributed by atoms with van der Waals surface area (Å²) in [6.07, 6.45) is 3.30. The van der Waals surface area contributed by atoms with Crippen molar-refractivity contribution >= 4 is 16.9 Å². The third kappa shape index (κ3) is 2.78. The molecule has 1 N–H and O–H groups in total. The lowest BCUT2D eigenvalue weighted by molar-refractivity contribution is 0.0221. The first-order chi connectivity index (χ1) is 10.2. The largest absolute Gasteiger partial charge is 0.456 e. The standard InChI is InChI=1S/C16H21N3O2/c1-11(13-8-5-6-10-17-13)21-16(20)15-12-7-3-4-9-14(12)19(2)18-15/h3-4,7,9,11,13,17H,5-6,8,10H2,1-2H3. The van der Waals surface area contributed by atoms with Gasteiger partial charge >= 0.3 is 5.97 Å². The van der Waals surface area contributed by atoms with Gasteiger partial charge < -0.3 is 10.1 Å². The van der Waals surface area contributed by atoms with Crippen LogP contribution in [0.3, 0.4) is 0 Å². The quantitative estimate of drug-likeness (QED) is 0.880. The Balaban J connectivity index is 1.77. The van der Waals surface area contributed by atoms with Crippen molar-refractivity contribution < 1.29 is 9.53 Å². The number of nitrogens with zero attached hydrogens (tertiary/aromatic N) is 2. The number of benzene rings is 1. The van der Waals surface area contributed by atoms with Crippen LogP contribution in [-0.4, -0.2) is 34.4 Å². The van der Waals surface area contributed by atoms with Crippen molar-refractivity contribution in [2.75, 3.05) is 6.54 Å². The van der Waals surface area contributed by atoms with Crippen molar-refractivity contribution in [3.8, 4) is 0 Å². The Morgan fingerprint density at radius 2 is 2.24 bits per heavy atom. The van der Waals surface area contributed by atoms with E-state index >= 15 is 0 Å². The van der Waals surface area contributed by atoms with Gasteiger partial charge in [0.05, 0.1) is 5.52 Å². The van der Waals surface area contributed by atoms with Crippen LogP contribution < -0.4 is 5.32 Å². The molecule has 1 fully saturated rings. The van der Waals surface area contributed by atoms with Crippen LogP contribution in [0.4, 0.5) is 0 Å². The molecule has 0 aliphatic carbocycles. The summed E-state index contributed by atoms with van der Waals surface area (Å²) in [5, 5.41) is 8.57. The molecule has 21 heavy (non-hydrogen) atoms. The van der Waals surface area contributed by atoms with E-state index in [1.165, 1.54) is 12.8 Å². The Bertz CT molecular complexity index is 644. The summed E-state index contributed by atoms with van der Waals surface area (Å²) >= 11 is 0. The lowest BCUT2D eigenvalue weighted by Gasteiger charge is -2.28. The van der Waals surface area contributed by atoms with E-state index in [0.29, 0.717) is 5.69 Å². The summed E-state index contributed by atoms with van der Waals surface area (Å²) < 4.78 is 7.34. The smallest absolute Gasteiger partial charge is 0.359 e. The predicted octanol–water partition coefficient (Wildman–Crippen LogP) is 2.26. The van der Waals surface area contributed by atoms with Crippen LogP contribution in [0.1, 0.15) is 36.7 Å². The van der Waals surface area contributed by atoms with E-state index in [1.807, 2.05) is 38.2 Å². The molecule has 0 radical (unpaired) electrons. The fourth-order valence-electron chi connectivity index (χ4n) is 2.95. The molecule has 112 valence electrons. The number of fused-ring (bicyclic) bond motifs is 1. The topological polar surface area (TPSA) is 56.1 Å². The van der Waals surface area contributed by atoms with Crippen molar-refractivity contribution in [2.45, 2.75) is 38.3 Å². The number of ether oxygens (including phenoxy) is 1. The minimum atomic E-state index is -0.341. The van der Waals surface area contributed by atoms with Gasteiger partial charge in [0, 0.05) is 18.5 Å². The van der Waals surface area contributed by atoms with E-state index in [0.717, 1.165) is 23.9 Å². The average Bonchev–Trinajstić information content (AvgIpc) is 2.86. The molecule has 0 amide bonds. The van der Waals surface area contributed by atoms with Crippen LogP contribution in [0.15, 0.2) is 24.3 Å². The average molecular weight is 287 g/mol. The number of carbonyl (C=O) groups is 1. The lowest BCUT2D eigenvalue weighted by Crippen LogP contribution is -2.43. The zero-order valence-corrected chi connectivity index (χ0v) is 12.5. The molecule has 1 aromatic carbocycles. The number of nitrogens with one attached hydrogen (secondary N) is 1. The zero-order chi connectivity index (χ0) is 14.8. The molecule has 1 aliphatic rings. The summed E-state index contributed by atoms with van der Waals surface area (Å²) in [5.41, 5.74) is 1.34. The molecule has 5 heteroatoms. The monoisotopic (exact) mass is 287 g/mol. The van der Waals surface area contributed by atoms with Crippen molar-refractivity contribution in [3.63, 3.8) is 0 Å². The molecule has 1 saturated heterocycles. The van der Waals surface area contributed by atoms with Gasteiger partial charge in [-0.3, -0.25) is 4.68 Å². The highest BCUT2D eigenvalue weighted by Gasteiger charge is 2.25. The van der Waals surface area contributed by atoms with Crippen LogP contribution in [-0.2, 0) is 11.8 Å². The molecule has 2 aromatic rings. The third-order valence-corrected chi connectivity index (χ3v) is 4.16. The SMILES string of the molecule is CC(OC(=O)c1nn(C)c2ccccc12)C1CCCCN1. The predicted molar refractivity (Wildman–Crippen MR) is 81.2 cm³/mol. The first kappa shape index (κ1) is 14.1. The van der Waals surface area contributed by atoms with Crippen molar-refractivity contribution in [1.82, 2.24) is 15.1 Å². The molecule has 2 unspecified atom stereocenters. The first-order valence-corrected chi connectivity index (χ1v) is 7.53. The summed E-state index contributed by atoms with van der Waals surface area (Å²) in [6, 6.07) is 7.95. The van der Waals surface area contributed by atoms with Gasteiger partial charge in [-0.1, -0.05) is 24.6 Å². The van der Waals surface area contributed by atoms with E-state index in [2.05, 4.69) is 10.4 Å². The van der Waals surface area contributed by atoms with Gasteiger partial charge in [0.1, 0.15) is 6.10 Å². The highest BCUT2D eigenvalue weighted by Crippen LogP contribution is 2.20. The Hall–Kier alpha value is -1.88. The number of carbonyl (C=O) groups excluding carboxylic acids is 1. The number of aryl methyl sites for hydroxylation is 1. The molecule has 2 heterocycles. The van der Waals surface area contributed by atoms with Crippen molar-refractivity contribution in [1.29, 1.82) is 0 Å². The van der Waals surface area contributed by atoms with Gasteiger partial charge in [0.25, 0.3) is 0 Å². The highest BCUT2D eigenvalue weighted by atomic mass is 16.5. The van der Waals surface area contributed by atoms with Gasteiger partial charge in [-0.2, -0.15) is 5.10 Å². The van der Waals surface area contributed by atoms with E-state index in [-0.39, 0.29) is 18.1 Å². The second-order valence-corrected chi connectivity index (χ2v) is 5.66. The van der Waals surface area contributed by atoms with E-state index in [1.54, 1.807) is 4.68 Å². The normalized spacial score (nSPS) is 20.4. The second kappa shape index (κ2) is 5.85. The summed E-state index contributed by atoms with van der Waals surface area (Å²) in [5.74, 6) is -0.341. The number of rotatable bonds is 3. The molecule has 2 atom stereocenters. The fraction of sp³-hybridized carbons (Fsp3) is 0.500. The summed E-state index contributed by atoms with van der Waals surface area (Å²) in [4.78, 5) is 12.4. The Morgan fingerprint density at radius 1 is 1.43 bits per heavy atom. The maximum atomic E-state index is 12.4. The van der Waals surface area contributed by atoms with E-state index in [9.17, 15) is 4.79 Å². The Morgan fingerprint density at radius 3 is 3.00 bits per heavy atom. The highest BCUT2D eigenvalue weighted by molar-refractivity contribution is 6.02. The third-order valence-electron chi connectivity index (χ3n) is 4.16. The molecule has 0 bridgehead atoms. The van der Waals surface area contributed by atoms with Gasteiger partial charge in [-0.05, 0) is 32.4 Å². The fourth-order valence-corrected chi connectivity index (χ4v) is 2.95. The van der Waals surface area contributed by atoms with Crippen molar-refractivity contribution in [3.05, 3.63) is 30.0 Å². The van der Waals surface area contributed by atoms with Gasteiger partial charge in [0.2, 0.25) is 0 Å². The van der Waals surface area contributed by atoms with Gasteiger partial charge in [0.15, 0.2) is 5.69 Å².